The third-order valence-corrected chi connectivity index (χ3v) is 5.97. The van der Waals surface area contributed by atoms with Gasteiger partial charge in [0, 0.05) is 56.9 Å². The molecule has 0 atom stereocenters. The number of pyridine rings is 1. The molecule has 0 radical (unpaired) electrons. The molecule has 0 aliphatic carbocycles. The van der Waals surface area contributed by atoms with Crippen molar-refractivity contribution in [3.05, 3.63) is 53.7 Å². The van der Waals surface area contributed by atoms with Crippen LogP contribution in [0.4, 0.5) is 0 Å². The molecule has 1 aliphatic rings. The Bertz CT molecular complexity index is 1210. The van der Waals surface area contributed by atoms with Crippen molar-refractivity contribution in [2.24, 2.45) is 7.05 Å². The Morgan fingerprint density at radius 3 is 2.47 bits per heavy atom. The minimum Gasteiger partial charge on any atom is -0.497 e. The Morgan fingerprint density at radius 1 is 1.03 bits per heavy atom. The highest BCUT2D eigenvalue weighted by Crippen LogP contribution is 2.21. The SMILES string of the molecule is COc1ccc(-c2noc(CN3CCN(Cc4cnc5c(c4)c(C)nn5C)CC3)n2)cc1. The molecular weight excluding hydrogens is 406 g/mol. The number of aromatic nitrogens is 5. The molecule has 4 aromatic rings. The molecule has 0 N–H and O–H groups in total. The van der Waals surface area contributed by atoms with Gasteiger partial charge in [-0.15, -0.1) is 0 Å². The number of hydrogen-bond donors (Lipinski definition) is 0. The maximum absolute atomic E-state index is 5.49. The summed E-state index contributed by atoms with van der Waals surface area (Å²) in [7, 11) is 3.59. The van der Waals surface area contributed by atoms with Gasteiger partial charge in [-0.05, 0) is 42.8 Å². The first-order valence-electron chi connectivity index (χ1n) is 10.8. The molecule has 0 saturated carbocycles. The predicted molar refractivity (Wildman–Crippen MR) is 120 cm³/mol. The molecule has 166 valence electrons. The van der Waals surface area contributed by atoms with E-state index in [1.807, 2.05) is 49.1 Å². The van der Waals surface area contributed by atoms with Crippen LogP contribution in [-0.4, -0.2) is 68.0 Å². The summed E-state index contributed by atoms with van der Waals surface area (Å²) in [6.07, 6.45) is 1.97. The van der Waals surface area contributed by atoms with Crippen LogP contribution in [0.3, 0.4) is 0 Å². The second-order valence-corrected chi connectivity index (χ2v) is 8.22. The zero-order chi connectivity index (χ0) is 22.1. The third kappa shape index (κ3) is 4.21. The van der Waals surface area contributed by atoms with Gasteiger partial charge >= 0.3 is 0 Å². The number of nitrogens with zero attached hydrogens (tertiary/aromatic N) is 7. The van der Waals surface area contributed by atoms with Crippen molar-refractivity contribution >= 4 is 11.0 Å². The van der Waals surface area contributed by atoms with E-state index in [4.69, 9.17) is 9.26 Å². The van der Waals surface area contributed by atoms with Crippen LogP contribution >= 0.6 is 0 Å². The van der Waals surface area contributed by atoms with Crippen LogP contribution in [0.5, 0.6) is 5.75 Å². The van der Waals surface area contributed by atoms with Crippen molar-refractivity contribution in [1.29, 1.82) is 0 Å². The fourth-order valence-electron chi connectivity index (χ4n) is 4.17. The Balaban J connectivity index is 1.16. The summed E-state index contributed by atoms with van der Waals surface area (Å²) in [4.78, 5) is 14.0. The van der Waals surface area contributed by atoms with Crippen LogP contribution in [0.2, 0.25) is 0 Å². The lowest BCUT2D eigenvalue weighted by molar-refractivity contribution is 0.112. The molecule has 1 aliphatic heterocycles. The zero-order valence-electron chi connectivity index (χ0n) is 18.7. The number of fused-ring (bicyclic) bond motifs is 1. The fourth-order valence-corrected chi connectivity index (χ4v) is 4.17. The highest BCUT2D eigenvalue weighted by Gasteiger charge is 2.20. The smallest absolute Gasteiger partial charge is 0.241 e. The number of methoxy groups -OCH3 is 1. The lowest BCUT2D eigenvalue weighted by Gasteiger charge is -2.33. The van der Waals surface area contributed by atoms with Crippen molar-refractivity contribution in [1.82, 2.24) is 34.7 Å². The van der Waals surface area contributed by atoms with Gasteiger partial charge in [-0.1, -0.05) is 5.16 Å². The molecule has 0 amide bonds. The average molecular weight is 434 g/mol. The largest absolute Gasteiger partial charge is 0.497 e. The summed E-state index contributed by atoms with van der Waals surface area (Å²) in [5.74, 6) is 2.06. The van der Waals surface area contributed by atoms with Crippen LogP contribution in [0.25, 0.3) is 22.4 Å². The van der Waals surface area contributed by atoms with E-state index in [9.17, 15) is 0 Å². The fraction of sp³-hybridized carbons (Fsp3) is 0.391. The van der Waals surface area contributed by atoms with E-state index >= 15 is 0 Å². The normalized spacial score (nSPS) is 15.5. The number of ether oxygens (including phenoxy) is 1. The summed E-state index contributed by atoms with van der Waals surface area (Å²) in [6.45, 7) is 7.49. The van der Waals surface area contributed by atoms with E-state index in [0.717, 1.165) is 60.8 Å². The molecule has 32 heavy (non-hydrogen) atoms. The Kier molecular flexibility index (Phi) is 5.59. The van der Waals surface area contributed by atoms with Crippen molar-refractivity contribution < 1.29 is 9.26 Å². The first-order chi connectivity index (χ1) is 15.6. The quantitative estimate of drug-likeness (QED) is 0.459. The highest BCUT2D eigenvalue weighted by atomic mass is 16.5. The van der Waals surface area contributed by atoms with E-state index in [-0.39, 0.29) is 0 Å². The van der Waals surface area contributed by atoms with Gasteiger partial charge in [0.05, 0.1) is 19.3 Å². The molecule has 0 bridgehead atoms. The molecule has 0 spiro atoms. The Hall–Kier alpha value is -3.30. The zero-order valence-corrected chi connectivity index (χ0v) is 18.7. The number of hydrogen-bond acceptors (Lipinski definition) is 8. The van der Waals surface area contributed by atoms with Crippen LogP contribution < -0.4 is 4.74 Å². The summed E-state index contributed by atoms with van der Waals surface area (Å²) in [6, 6.07) is 9.88. The molecule has 1 fully saturated rings. The van der Waals surface area contributed by atoms with E-state index in [1.54, 1.807) is 7.11 Å². The van der Waals surface area contributed by atoms with Crippen molar-refractivity contribution in [3.8, 4) is 17.1 Å². The molecule has 1 saturated heterocycles. The molecule has 3 aromatic heterocycles. The number of rotatable bonds is 6. The lowest BCUT2D eigenvalue weighted by Crippen LogP contribution is -2.45. The Labute approximate surface area is 186 Å². The molecule has 4 heterocycles. The van der Waals surface area contributed by atoms with Gasteiger partial charge in [0.1, 0.15) is 5.75 Å². The number of piperazine rings is 1. The summed E-state index contributed by atoms with van der Waals surface area (Å²) in [5, 5.41) is 9.73. The van der Waals surface area contributed by atoms with Crippen LogP contribution in [0, 0.1) is 6.92 Å². The van der Waals surface area contributed by atoms with Crippen molar-refractivity contribution in [2.45, 2.75) is 20.0 Å². The van der Waals surface area contributed by atoms with Gasteiger partial charge in [0.25, 0.3) is 0 Å². The van der Waals surface area contributed by atoms with Gasteiger partial charge in [0.15, 0.2) is 5.65 Å². The molecular formula is C23H27N7O2. The van der Waals surface area contributed by atoms with Gasteiger partial charge in [0.2, 0.25) is 11.7 Å². The molecule has 1 aromatic carbocycles. The van der Waals surface area contributed by atoms with E-state index in [0.29, 0.717) is 18.3 Å². The van der Waals surface area contributed by atoms with Gasteiger partial charge in [-0.25, -0.2) is 4.98 Å². The summed E-state index contributed by atoms with van der Waals surface area (Å²) >= 11 is 0. The molecule has 0 unspecified atom stereocenters. The van der Waals surface area contributed by atoms with Gasteiger partial charge < -0.3 is 9.26 Å². The number of benzene rings is 1. The van der Waals surface area contributed by atoms with E-state index < -0.39 is 0 Å². The molecule has 5 rings (SSSR count). The Morgan fingerprint density at radius 2 is 1.75 bits per heavy atom. The lowest BCUT2D eigenvalue weighted by atomic mass is 10.2. The van der Waals surface area contributed by atoms with Crippen molar-refractivity contribution in [3.63, 3.8) is 0 Å². The second kappa shape index (κ2) is 8.68. The van der Waals surface area contributed by atoms with E-state index in [2.05, 4.69) is 36.1 Å². The summed E-state index contributed by atoms with van der Waals surface area (Å²) < 4.78 is 12.5. The van der Waals surface area contributed by atoms with Crippen LogP contribution in [0.15, 0.2) is 41.1 Å². The molecule has 9 nitrogen and oxygen atoms in total. The third-order valence-electron chi connectivity index (χ3n) is 5.97. The van der Waals surface area contributed by atoms with Crippen LogP contribution in [0.1, 0.15) is 17.1 Å². The first-order valence-corrected chi connectivity index (χ1v) is 10.8. The number of aryl methyl sites for hydroxylation is 2. The average Bonchev–Trinajstić information content (AvgIpc) is 3.39. The standard InChI is InChI=1S/C23H27N7O2/c1-16-20-12-17(13-24-23(20)28(2)26-16)14-29-8-10-30(11-9-29)15-21-25-22(27-32-21)18-4-6-19(31-3)7-5-18/h4-7,12-13H,8-11,14-15H2,1-3H3. The summed E-state index contributed by atoms with van der Waals surface area (Å²) in [5.41, 5.74) is 4.10. The monoisotopic (exact) mass is 433 g/mol. The van der Waals surface area contributed by atoms with E-state index in [1.165, 1.54) is 5.56 Å². The van der Waals surface area contributed by atoms with Crippen molar-refractivity contribution in [2.75, 3.05) is 33.3 Å². The molecule has 9 heteroatoms. The van der Waals surface area contributed by atoms with Gasteiger partial charge in [-0.3, -0.25) is 14.5 Å². The minimum atomic E-state index is 0.606. The maximum Gasteiger partial charge on any atom is 0.241 e. The highest BCUT2D eigenvalue weighted by molar-refractivity contribution is 5.78. The second-order valence-electron chi connectivity index (χ2n) is 8.22. The topological polar surface area (TPSA) is 85.3 Å². The van der Waals surface area contributed by atoms with Gasteiger partial charge in [-0.2, -0.15) is 10.1 Å². The predicted octanol–water partition coefficient (Wildman–Crippen LogP) is 2.65. The van der Waals surface area contributed by atoms with Crippen LogP contribution in [-0.2, 0) is 20.1 Å². The first kappa shape index (κ1) is 20.6. The minimum absolute atomic E-state index is 0.606. The maximum atomic E-state index is 5.49.